The highest BCUT2D eigenvalue weighted by Crippen LogP contribution is 2.18. The standard InChI is InChI=1S/C13H13ClN2O/c1-10(11-5-3-2-4-6-11)17-13-9-15-12(7-14)8-16-13/h2-6,8-10H,7H2,1H3. The Labute approximate surface area is 105 Å². The third kappa shape index (κ3) is 3.17. The molecule has 3 nitrogen and oxygen atoms in total. The van der Waals surface area contributed by atoms with Gasteiger partial charge in [-0.05, 0) is 12.5 Å². The van der Waals surface area contributed by atoms with E-state index in [9.17, 15) is 0 Å². The molecule has 4 heteroatoms. The number of ether oxygens (including phenoxy) is 1. The number of nitrogens with zero attached hydrogens (tertiary/aromatic N) is 2. The van der Waals surface area contributed by atoms with Crippen molar-refractivity contribution in [2.24, 2.45) is 0 Å². The van der Waals surface area contributed by atoms with Gasteiger partial charge in [-0.3, -0.25) is 4.98 Å². The average molecular weight is 249 g/mol. The molecule has 1 heterocycles. The molecule has 1 atom stereocenters. The fraction of sp³-hybridized carbons (Fsp3) is 0.231. The summed E-state index contributed by atoms with van der Waals surface area (Å²) >= 11 is 5.64. The van der Waals surface area contributed by atoms with E-state index in [-0.39, 0.29) is 6.10 Å². The lowest BCUT2D eigenvalue weighted by Gasteiger charge is -2.13. The lowest BCUT2D eigenvalue weighted by atomic mass is 10.1. The second kappa shape index (κ2) is 5.64. The molecule has 0 saturated heterocycles. The van der Waals surface area contributed by atoms with Gasteiger partial charge in [0.1, 0.15) is 6.10 Å². The Morgan fingerprint density at radius 1 is 1.18 bits per heavy atom. The van der Waals surface area contributed by atoms with Gasteiger partial charge >= 0.3 is 0 Å². The fourth-order valence-electron chi connectivity index (χ4n) is 1.45. The summed E-state index contributed by atoms with van der Waals surface area (Å²) in [5.41, 5.74) is 1.85. The van der Waals surface area contributed by atoms with Crippen LogP contribution < -0.4 is 4.74 Å². The van der Waals surface area contributed by atoms with E-state index in [1.54, 1.807) is 12.4 Å². The largest absolute Gasteiger partial charge is 0.469 e. The van der Waals surface area contributed by atoms with Crippen LogP contribution in [0, 0.1) is 0 Å². The monoisotopic (exact) mass is 248 g/mol. The summed E-state index contributed by atoms with van der Waals surface area (Å²) in [6, 6.07) is 9.98. The Morgan fingerprint density at radius 3 is 2.53 bits per heavy atom. The molecule has 17 heavy (non-hydrogen) atoms. The van der Waals surface area contributed by atoms with Crippen molar-refractivity contribution in [3.63, 3.8) is 0 Å². The van der Waals surface area contributed by atoms with Crippen molar-refractivity contribution < 1.29 is 4.74 Å². The molecular weight excluding hydrogens is 236 g/mol. The molecular formula is C13H13ClN2O. The minimum Gasteiger partial charge on any atom is -0.469 e. The van der Waals surface area contributed by atoms with Crippen LogP contribution in [0.15, 0.2) is 42.7 Å². The first kappa shape index (κ1) is 11.9. The molecule has 0 bridgehead atoms. The van der Waals surface area contributed by atoms with Crippen LogP contribution in [0.2, 0.25) is 0 Å². The van der Waals surface area contributed by atoms with Gasteiger partial charge < -0.3 is 4.74 Å². The van der Waals surface area contributed by atoms with Crippen LogP contribution in [-0.2, 0) is 5.88 Å². The predicted molar refractivity (Wildman–Crippen MR) is 67.1 cm³/mol. The van der Waals surface area contributed by atoms with Crippen LogP contribution in [-0.4, -0.2) is 9.97 Å². The van der Waals surface area contributed by atoms with Crippen molar-refractivity contribution in [2.75, 3.05) is 0 Å². The second-order valence-corrected chi connectivity index (χ2v) is 3.92. The zero-order chi connectivity index (χ0) is 12.1. The lowest BCUT2D eigenvalue weighted by Crippen LogP contribution is -2.04. The molecule has 0 saturated carbocycles. The third-order valence-corrected chi connectivity index (χ3v) is 2.66. The predicted octanol–water partition coefficient (Wildman–Crippen LogP) is 3.36. The summed E-state index contributed by atoms with van der Waals surface area (Å²) in [6.07, 6.45) is 3.17. The van der Waals surface area contributed by atoms with Gasteiger partial charge in [0, 0.05) is 0 Å². The molecule has 2 aromatic rings. The van der Waals surface area contributed by atoms with Gasteiger partial charge in [0.15, 0.2) is 0 Å². The second-order valence-electron chi connectivity index (χ2n) is 3.65. The van der Waals surface area contributed by atoms with E-state index >= 15 is 0 Å². The molecule has 0 aliphatic carbocycles. The van der Waals surface area contributed by atoms with Crippen molar-refractivity contribution in [3.8, 4) is 5.88 Å². The summed E-state index contributed by atoms with van der Waals surface area (Å²) in [7, 11) is 0. The highest BCUT2D eigenvalue weighted by molar-refractivity contribution is 6.16. The van der Waals surface area contributed by atoms with Gasteiger partial charge in [0.25, 0.3) is 0 Å². The number of benzene rings is 1. The van der Waals surface area contributed by atoms with Gasteiger partial charge in [-0.15, -0.1) is 11.6 Å². The van der Waals surface area contributed by atoms with Gasteiger partial charge in [-0.2, -0.15) is 0 Å². The molecule has 0 aliphatic heterocycles. The minimum absolute atomic E-state index is 0.0487. The molecule has 0 spiro atoms. The molecule has 0 radical (unpaired) electrons. The third-order valence-electron chi connectivity index (χ3n) is 2.39. The topological polar surface area (TPSA) is 35.0 Å². The molecule has 2 rings (SSSR count). The lowest BCUT2D eigenvalue weighted by molar-refractivity contribution is 0.216. The Morgan fingerprint density at radius 2 is 1.94 bits per heavy atom. The van der Waals surface area contributed by atoms with Crippen molar-refractivity contribution in [1.82, 2.24) is 9.97 Å². The van der Waals surface area contributed by atoms with E-state index in [2.05, 4.69) is 9.97 Å². The smallest absolute Gasteiger partial charge is 0.232 e. The van der Waals surface area contributed by atoms with E-state index in [0.29, 0.717) is 11.8 Å². The van der Waals surface area contributed by atoms with Gasteiger partial charge in [0.05, 0.1) is 24.0 Å². The molecule has 0 aliphatic rings. The Balaban J connectivity index is 2.05. The van der Waals surface area contributed by atoms with Gasteiger partial charge in [0.2, 0.25) is 5.88 Å². The number of hydrogen-bond acceptors (Lipinski definition) is 3. The average Bonchev–Trinajstić information content (AvgIpc) is 2.40. The summed E-state index contributed by atoms with van der Waals surface area (Å²) < 4.78 is 5.68. The molecule has 0 amide bonds. The first-order valence-electron chi connectivity index (χ1n) is 5.38. The molecule has 0 N–H and O–H groups in total. The van der Waals surface area contributed by atoms with Crippen LogP contribution >= 0.6 is 11.6 Å². The Bertz CT molecular complexity index is 459. The van der Waals surface area contributed by atoms with E-state index in [0.717, 1.165) is 11.3 Å². The molecule has 1 aromatic heterocycles. The number of hydrogen-bond donors (Lipinski definition) is 0. The van der Waals surface area contributed by atoms with Crippen LogP contribution in [0.4, 0.5) is 0 Å². The number of halogens is 1. The summed E-state index contributed by atoms with van der Waals surface area (Å²) in [5.74, 6) is 0.872. The van der Waals surface area contributed by atoms with E-state index in [1.807, 2.05) is 37.3 Å². The molecule has 88 valence electrons. The Kier molecular flexibility index (Phi) is 3.94. The zero-order valence-electron chi connectivity index (χ0n) is 9.51. The normalized spacial score (nSPS) is 12.1. The van der Waals surface area contributed by atoms with E-state index in [4.69, 9.17) is 16.3 Å². The highest BCUT2D eigenvalue weighted by Gasteiger charge is 2.07. The SMILES string of the molecule is CC(Oc1cnc(CCl)cn1)c1ccccc1. The quantitative estimate of drug-likeness (QED) is 0.779. The zero-order valence-corrected chi connectivity index (χ0v) is 10.3. The van der Waals surface area contributed by atoms with E-state index in [1.165, 1.54) is 0 Å². The van der Waals surface area contributed by atoms with Crippen molar-refractivity contribution in [3.05, 3.63) is 54.0 Å². The van der Waals surface area contributed by atoms with Crippen molar-refractivity contribution in [1.29, 1.82) is 0 Å². The first-order chi connectivity index (χ1) is 8.29. The number of aromatic nitrogens is 2. The summed E-state index contributed by atoms with van der Waals surface area (Å²) in [5, 5.41) is 0. The maximum atomic E-state index is 5.68. The van der Waals surface area contributed by atoms with Crippen molar-refractivity contribution >= 4 is 11.6 Å². The minimum atomic E-state index is -0.0487. The van der Waals surface area contributed by atoms with Crippen LogP contribution in [0.5, 0.6) is 5.88 Å². The van der Waals surface area contributed by atoms with Crippen LogP contribution in [0.1, 0.15) is 24.3 Å². The Hall–Kier alpha value is -1.61. The van der Waals surface area contributed by atoms with Crippen LogP contribution in [0.25, 0.3) is 0 Å². The van der Waals surface area contributed by atoms with Gasteiger partial charge in [-0.25, -0.2) is 4.98 Å². The van der Waals surface area contributed by atoms with Crippen molar-refractivity contribution in [2.45, 2.75) is 18.9 Å². The molecule has 1 aromatic carbocycles. The maximum Gasteiger partial charge on any atom is 0.232 e. The van der Waals surface area contributed by atoms with E-state index < -0.39 is 0 Å². The summed E-state index contributed by atoms with van der Waals surface area (Å²) in [4.78, 5) is 8.27. The number of rotatable bonds is 4. The van der Waals surface area contributed by atoms with Gasteiger partial charge in [-0.1, -0.05) is 30.3 Å². The summed E-state index contributed by atoms with van der Waals surface area (Å²) in [6.45, 7) is 1.98. The first-order valence-corrected chi connectivity index (χ1v) is 5.91. The highest BCUT2D eigenvalue weighted by atomic mass is 35.5. The maximum absolute atomic E-state index is 5.68. The number of alkyl halides is 1. The van der Waals surface area contributed by atoms with Crippen LogP contribution in [0.3, 0.4) is 0 Å². The molecule has 1 unspecified atom stereocenters. The molecule has 0 fully saturated rings. The fourth-order valence-corrected chi connectivity index (χ4v) is 1.58.